The molecule has 0 spiro atoms. The maximum atomic E-state index is 12.2. The van der Waals surface area contributed by atoms with Crippen LogP contribution in [0.2, 0.25) is 0 Å². The highest BCUT2D eigenvalue weighted by Crippen LogP contribution is 2.33. The first-order valence-corrected chi connectivity index (χ1v) is 7.26. The van der Waals surface area contributed by atoms with Crippen LogP contribution in [0.4, 0.5) is 5.69 Å². The van der Waals surface area contributed by atoms with Crippen LogP contribution in [0, 0.1) is 0 Å². The molecule has 1 saturated heterocycles. The number of rotatable bonds is 3. The van der Waals surface area contributed by atoms with Crippen LogP contribution < -0.4 is 10.6 Å². The summed E-state index contributed by atoms with van der Waals surface area (Å²) in [6.07, 6.45) is 1.33. The summed E-state index contributed by atoms with van der Waals surface area (Å²) >= 11 is 0. The number of benzene rings is 1. The average Bonchev–Trinajstić information content (AvgIpc) is 2.40. The van der Waals surface area contributed by atoms with E-state index in [4.69, 9.17) is 5.73 Å². The normalized spacial score (nSPS) is 23.3. The number of nitrogens with two attached hydrogens (primary N) is 1. The van der Waals surface area contributed by atoms with Gasteiger partial charge in [-0.05, 0) is 38.0 Å². The highest BCUT2D eigenvalue weighted by Gasteiger charge is 2.36. The maximum absolute atomic E-state index is 12.2. The van der Waals surface area contributed by atoms with Crippen molar-refractivity contribution in [3.63, 3.8) is 0 Å². The molecule has 0 radical (unpaired) electrons. The Morgan fingerprint density at radius 1 is 1.25 bits per heavy atom. The minimum Gasteiger partial charge on any atom is -0.378 e. The zero-order valence-corrected chi connectivity index (χ0v) is 12.8. The summed E-state index contributed by atoms with van der Waals surface area (Å²) in [7, 11) is 4.04. The largest absolute Gasteiger partial charge is 0.378 e. The quantitative estimate of drug-likeness (QED) is 0.919. The molecule has 4 heteroatoms. The lowest BCUT2D eigenvalue weighted by Crippen LogP contribution is -2.51. The third-order valence-corrected chi connectivity index (χ3v) is 3.99. The van der Waals surface area contributed by atoms with Crippen molar-refractivity contribution in [3.8, 4) is 0 Å². The molecule has 2 unspecified atom stereocenters. The Morgan fingerprint density at radius 3 is 2.35 bits per heavy atom. The van der Waals surface area contributed by atoms with E-state index in [1.165, 1.54) is 0 Å². The highest BCUT2D eigenvalue weighted by atomic mass is 16.2. The number of hydrogen-bond donors (Lipinski definition) is 1. The van der Waals surface area contributed by atoms with Gasteiger partial charge in [0.05, 0.1) is 6.04 Å². The minimum absolute atomic E-state index is 0.00698. The molecule has 2 atom stereocenters. The second-order valence-electron chi connectivity index (χ2n) is 6.03. The van der Waals surface area contributed by atoms with Gasteiger partial charge in [0.15, 0.2) is 0 Å². The van der Waals surface area contributed by atoms with Crippen molar-refractivity contribution in [2.24, 2.45) is 5.73 Å². The first-order valence-electron chi connectivity index (χ1n) is 7.26. The molecular formula is C16H25N3O. The first kappa shape index (κ1) is 14.9. The zero-order valence-electron chi connectivity index (χ0n) is 12.8. The van der Waals surface area contributed by atoms with Crippen molar-refractivity contribution >= 4 is 11.6 Å². The molecule has 2 N–H and O–H groups in total. The number of piperidine rings is 1. The number of amides is 1. The fraction of sp³-hybridized carbons (Fsp3) is 0.562. The van der Waals surface area contributed by atoms with Crippen molar-refractivity contribution in [2.75, 3.05) is 19.0 Å². The van der Waals surface area contributed by atoms with Gasteiger partial charge in [0.2, 0.25) is 5.91 Å². The van der Waals surface area contributed by atoms with E-state index in [1.54, 1.807) is 0 Å². The van der Waals surface area contributed by atoms with E-state index in [2.05, 4.69) is 43.0 Å². The van der Waals surface area contributed by atoms with Crippen LogP contribution in [0.5, 0.6) is 0 Å². The van der Waals surface area contributed by atoms with Gasteiger partial charge in [0, 0.05) is 38.3 Å². The lowest BCUT2D eigenvalue weighted by atomic mass is 9.89. The number of likely N-dealkylation sites (tertiary alicyclic amines) is 1. The summed E-state index contributed by atoms with van der Waals surface area (Å²) in [5.74, 6) is 0.211. The molecule has 1 aromatic carbocycles. The number of nitrogens with zero attached hydrogens (tertiary/aromatic N) is 2. The van der Waals surface area contributed by atoms with E-state index in [1.807, 2.05) is 19.0 Å². The van der Waals surface area contributed by atoms with Crippen molar-refractivity contribution in [2.45, 2.75) is 44.8 Å². The summed E-state index contributed by atoms with van der Waals surface area (Å²) in [6.45, 7) is 4.11. The molecule has 1 amide bonds. The van der Waals surface area contributed by atoms with Crippen molar-refractivity contribution < 1.29 is 4.79 Å². The molecule has 1 fully saturated rings. The van der Waals surface area contributed by atoms with Crippen LogP contribution in [0.25, 0.3) is 0 Å². The molecule has 2 rings (SSSR count). The van der Waals surface area contributed by atoms with Crippen LogP contribution in [0.15, 0.2) is 24.3 Å². The standard InChI is InChI=1S/C16H25N3O/c1-11(2)19-15(20)10-9-14(17)16(19)12-5-7-13(8-6-12)18(3)4/h5-8,11,14,16H,9-10,17H2,1-4H3. The summed E-state index contributed by atoms with van der Waals surface area (Å²) in [6, 6.07) is 8.53. The van der Waals surface area contributed by atoms with E-state index >= 15 is 0 Å². The molecule has 1 aliphatic rings. The van der Waals surface area contributed by atoms with Crippen LogP contribution in [0.3, 0.4) is 0 Å². The van der Waals surface area contributed by atoms with Gasteiger partial charge < -0.3 is 15.5 Å². The van der Waals surface area contributed by atoms with Gasteiger partial charge in [-0.3, -0.25) is 4.79 Å². The highest BCUT2D eigenvalue weighted by molar-refractivity contribution is 5.78. The van der Waals surface area contributed by atoms with Crippen LogP contribution in [0.1, 0.15) is 38.3 Å². The molecule has 20 heavy (non-hydrogen) atoms. The second-order valence-corrected chi connectivity index (χ2v) is 6.03. The minimum atomic E-state index is -0.00698. The Kier molecular flexibility index (Phi) is 4.33. The molecule has 1 heterocycles. The van der Waals surface area contributed by atoms with Crippen LogP contribution in [-0.2, 0) is 4.79 Å². The van der Waals surface area contributed by atoms with Crippen molar-refractivity contribution in [3.05, 3.63) is 29.8 Å². The third kappa shape index (κ3) is 2.80. The van der Waals surface area contributed by atoms with Crippen molar-refractivity contribution in [1.29, 1.82) is 0 Å². The molecule has 0 aromatic heterocycles. The Morgan fingerprint density at radius 2 is 1.85 bits per heavy atom. The first-order chi connectivity index (χ1) is 9.41. The molecule has 0 saturated carbocycles. The number of hydrogen-bond acceptors (Lipinski definition) is 3. The van der Waals surface area contributed by atoms with Crippen molar-refractivity contribution in [1.82, 2.24) is 4.90 Å². The van der Waals surface area contributed by atoms with Gasteiger partial charge in [-0.15, -0.1) is 0 Å². The Balaban J connectivity index is 2.33. The Labute approximate surface area is 121 Å². The summed E-state index contributed by atoms with van der Waals surface area (Å²) in [4.78, 5) is 16.2. The fourth-order valence-electron chi connectivity index (χ4n) is 2.93. The molecule has 1 aliphatic heterocycles. The van der Waals surface area contributed by atoms with Gasteiger partial charge in [-0.2, -0.15) is 0 Å². The molecule has 110 valence electrons. The predicted octanol–water partition coefficient (Wildman–Crippen LogP) is 2.15. The summed E-state index contributed by atoms with van der Waals surface area (Å²) in [5.41, 5.74) is 8.58. The summed E-state index contributed by atoms with van der Waals surface area (Å²) < 4.78 is 0. The average molecular weight is 275 g/mol. The maximum Gasteiger partial charge on any atom is 0.223 e. The molecule has 1 aromatic rings. The van der Waals surface area contributed by atoms with Crippen LogP contribution in [-0.4, -0.2) is 37.0 Å². The smallest absolute Gasteiger partial charge is 0.223 e. The number of anilines is 1. The monoisotopic (exact) mass is 275 g/mol. The van der Waals surface area contributed by atoms with Gasteiger partial charge >= 0.3 is 0 Å². The van der Waals surface area contributed by atoms with E-state index in [0.29, 0.717) is 6.42 Å². The van der Waals surface area contributed by atoms with E-state index in [0.717, 1.165) is 17.7 Å². The second kappa shape index (κ2) is 5.83. The fourth-order valence-corrected chi connectivity index (χ4v) is 2.93. The zero-order chi connectivity index (χ0) is 14.9. The van der Waals surface area contributed by atoms with E-state index in [9.17, 15) is 4.79 Å². The van der Waals surface area contributed by atoms with E-state index in [-0.39, 0.29) is 24.0 Å². The van der Waals surface area contributed by atoms with Gasteiger partial charge in [-0.25, -0.2) is 0 Å². The molecule has 0 bridgehead atoms. The van der Waals surface area contributed by atoms with E-state index < -0.39 is 0 Å². The topological polar surface area (TPSA) is 49.6 Å². The predicted molar refractivity (Wildman–Crippen MR) is 82.7 cm³/mol. The third-order valence-electron chi connectivity index (χ3n) is 3.99. The Hall–Kier alpha value is -1.55. The van der Waals surface area contributed by atoms with Gasteiger partial charge in [0.25, 0.3) is 0 Å². The SMILES string of the molecule is CC(C)N1C(=O)CCC(N)C1c1ccc(N(C)C)cc1. The lowest BCUT2D eigenvalue weighted by Gasteiger charge is -2.42. The number of carbonyl (C=O) groups is 1. The van der Waals surface area contributed by atoms with Gasteiger partial charge in [0.1, 0.15) is 0 Å². The molecule has 4 nitrogen and oxygen atoms in total. The number of carbonyl (C=O) groups excluding carboxylic acids is 1. The molecule has 0 aliphatic carbocycles. The molecular weight excluding hydrogens is 250 g/mol. The lowest BCUT2D eigenvalue weighted by molar-refractivity contribution is -0.139. The Bertz CT molecular complexity index is 467. The van der Waals surface area contributed by atoms with Gasteiger partial charge in [-0.1, -0.05) is 12.1 Å². The van der Waals surface area contributed by atoms with Crippen LogP contribution >= 0.6 is 0 Å². The summed E-state index contributed by atoms with van der Waals surface area (Å²) in [5, 5.41) is 0.